The predicted molar refractivity (Wildman–Crippen MR) is 101 cm³/mol. The summed E-state index contributed by atoms with van der Waals surface area (Å²) in [4.78, 5) is 57.4. The van der Waals surface area contributed by atoms with Crippen LogP contribution in [0.3, 0.4) is 0 Å². The van der Waals surface area contributed by atoms with Gasteiger partial charge in [0, 0.05) is 5.75 Å². The summed E-state index contributed by atoms with van der Waals surface area (Å²) >= 11 is 0.457. The van der Waals surface area contributed by atoms with E-state index in [0.29, 0.717) is 11.8 Å². The lowest BCUT2D eigenvalue weighted by Crippen LogP contribution is -2.43. The zero-order chi connectivity index (χ0) is 22.8. The third kappa shape index (κ3) is 11.8. The lowest BCUT2D eigenvalue weighted by molar-refractivity contribution is -0.162. The summed E-state index contributed by atoms with van der Waals surface area (Å²) in [6, 6.07) is -1.48. The molecule has 1 atom stereocenters. The van der Waals surface area contributed by atoms with Gasteiger partial charge in [-0.3, -0.25) is 9.59 Å². The number of carboxylic acid groups (broad SMARTS) is 1. The number of carboxylic acids is 1. The maximum Gasteiger partial charge on any atom is 0.410 e. The second kappa shape index (κ2) is 11.5. The third-order valence-electron chi connectivity index (χ3n) is 2.93. The minimum absolute atomic E-state index is 0.377. The molecule has 0 aliphatic carbocycles. The molecule has 1 amide bonds. The van der Waals surface area contributed by atoms with Gasteiger partial charge < -0.3 is 29.4 Å². The number of rotatable bonds is 8. The van der Waals surface area contributed by atoms with Crippen LogP contribution in [0.2, 0.25) is 0 Å². The number of carbonyl (C=O) groups is 5. The zero-order valence-corrected chi connectivity index (χ0v) is 18.0. The Kier molecular flexibility index (Phi) is 10.5. The molecule has 0 rings (SSSR count). The van der Waals surface area contributed by atoms with E-state index in [9.17, 15) is 24.0 Å². The standard InChI is InChI=1S/C17H27NO10S/c1-16(2,3)12(21)25-8-27-14(23)18-10(11(19)20)7-29-15(24)28-9-26-13(22)17(4,5)6/h10H,7-9H2,1-6H3,(H,18,23)(H,19,20)/t10-/m0/s1. The van der Waals surface area contributed by atoms with E-state index in [0.717, 1.165) is 0 Å². The molecule has 0 fully saturated rings. The van der Waals surface area contributed by atoms with E-state index in [2.05, 4.69) is 9.47 Å². The van der Waals surface area contributed by atoms with Gasteiger partial charge in [0.25, 0.3) is 0 Å². The molecule has 11 nitrogen and oxygen atoms in total. The fourth-order valence-electron chi connectivity index (χ4n) is 1.25. The van der Waals surface area contributed by atoms with Crippen molar-refractivity contribution in [2.75, 3.05) is 19.3 Å². The highest BCUT2D eigenvalue weighted by atomic mass is 32.2. The lowest BCUT2D eigenvalue weighted by Gasteiger charge is -2.17. The van der Waals surface area contributed by atoms with Crippen LogP contribution in [0.25, 0.3) is 0 Å². The van der Waals surface area contributed by atoms with Crippen LogP contribution in [-0.4, -0.2) is 59.8 Å². The van der Waals surface area contributed by atoms with Gasteiger partial charge in [-0.2, -0.15) is 0 Å². The molecule has 166 valence electrons. The van der Waals surface area contributed by atoms with Gasteiger partial charge >= 0.3 is 29.3 Å². The van der Waals surface area contributed by atoms with Crippen molar-refractivity contribution in [2.45, 2.75) is 47.6 Å². The molecule has 0 bridgehead atoms. The Balaban J connectivity index is 4.30. The second-order valence-corrected chi connectivity index (χ2v) is 8.73. The van der Waals surface area contributed by atoms with E-state index in [-0.39, 0.29) is 5.75 Å². The highest BCUT2D eigenvalue weighted by Crippen LogP contribution is 2.16. The Hall–Kier alpha value is -2.50. The van der Waals surface area contributed by atoms with Crippen molar-refractivity contribution >= 4 is 41.1 Å². The largest absolute Gasteiger partial charge is 0.480 e. The van der Waals surface area contributed by atoms with Crippen molar-refractivity contribution in [2.24, 2.45) is 10.8 Å². The smallest absolute Gasteiger partial charge is 0.410 e. The summed E-state index contributed by atoms with van der Waals surface area (Å²) in [7, 11) is 0. The average Bonchev–Trinajstić information content (AvgIpc) is 2.56. The first kappa shape index (κ1) is 26.5. The third-order valence-corrected chi connectivity index (χ3v) is 3.78. The number of amides is 1. The van der Waals surface area contributed by atoms with Crippen molar-refractivity contribution in [3.05, 3.63) is 0 Å². The Bertz CT molecular complexity index is 621. The number of hydrogen-bond donors (Lipinski definition) is 2. The summed E-state index contributed by atoms with van der Waals surface area (Å²) < 4.78 is 18.7. The quantitative estimate of drug-likeness (QED) is 0.424. The van der Waals surface area contributed by atoms with Crippen LogP contribution in [0.5, 0.6) is 0 Å². The number of ether oxygens (including phenoxy) is 4. The number of nitrogens with one attached hydrogen (secondary N) is 1. The minimum Gasteiger partial charge on any atom is -0.480 e. The zero-order valence-electron chi connectivity index (χ0n) is 17.2. The van der Waals surface area contributed by atoms with Crippen LogP contribution in [0, 0.1) is 10.8 Å². The van der Waals surface area contributed by atoms with E-state index in [1.54, 1.807) is 41.5 Å². The molecule has 2 N–H and O–H groups in total. The molecule has 0 aliphatic heterocycles. The first-order valence-corrected chi connectivity index (χ1v) is 9.43. The lowest BCUT2D eigenvalue weighted by atomic mass is 9.97. The van der Waals surface area contributed by atoms with Gasteiger partial charge in [0.05, 0.1) is 10.8 Å². The van der Waals surface area contributed by atoms with Gasteiger partial charge in [0.15, 0.2) is 0 Å². The highest BCUT2D eigenvalue weighted by Gasteiger charge is 2.26. The van der Waals surface area contributed by atoms with Crippen LogP contribution in [0.15, 0.2) is 0 Å². The molecule has 0 saturated heterocycles. The molecule has 0 aromatic heterocycles. The van der Waals surface area contributed by atoms with Gasteiger partial charge in [0.1, 0.15) is 6.04 Å². The number of hydrogen-bond acceptors (Lipinski definition) is 10. The van der Waals surface area contributed by atoms with Crippen molar-refractivity contribution in [3.63, 3.8) is 0 Å². The van der Waals surface area contributed by atoms with Crippen LogP contribution in [0.1, 0.15) is 41.5 Å². The average molecular weight is 437 g/mol. The van der Waals surface area contributed by atoms with Crippen LogP contribution >= 0.6 is 11.8 Å². The molecule has 0 aromatic carbocycles. The van der Waals surface area contributed by atoms with Crippen molar-refractivity contribution < 1.29 is 48.0 Å². The fourth-order valence-corrected chi connectivity index (χ4v) is 1.91. The fraction of sp³-hybridized carbons (Fsp3) is 0.706. The van der Waals surface area contributed by atoms with Gasteiger partial charge in [-0.1, -0.05) is 0 Å². The first-order valence-electron chi connectivity index (χ1n) is 8.44. The molecule has 0 saturated carbocycles. The normalized spacial score (nSPS) is 12.3. The van der Waals surface area contributed by atoms with Crippen LogP contribution < -0.4 is 5.32 Å². The molecule has 0 aromatic rings. The number of alkyl carbamates (subject to hydrolysis) is 1. The first-order chi connectivity index (χ1) is 13.1. The summed E-state index contributed by atoms with van der Waals surface area (Å²) in [5, 5.41) is 10.2. The highest BCUT2D eigenvalue weighted by molar-refractivity contribution is 8.13. The van der Waals surface area contributed by atoms with Crippen molar-refractivity contribution in [1.82, 2.24) is 5.32 Å². The molecule has 0 aliphatic rings. The van der Waals surface area contributed by atoms with E-state index in [1.807, 2.05) is 5.32 Å². The predicted octanol–water partition coefficient (Wildman–Crippen LogP) is 2.13. The van der Waals surface area contributed by atoms with Crippen LogP contribution in [0.4, 0.5) is 9.59 Å². The molecular weight excluding hydrogens is 410 g/mol. The van der Waals surface area contributed by atoms with Gasteiger partial charge in [-0.05, 0) is 53.3 Å². The summed E-state index contributed by atoms with van der Waals surface area (Å²) in [6.45, 7) is 8.38. The minimum atomic E-state index is -1.48. The Morgan fingerprint density at radius 3 is 1.69 bits per heavy atom. The molecule has 29 heavy (non-hydrogen) atoms. The summed E-state index contributed by atoms with van der Waals surface area (Å²) in [5.41, 5.74) is -1.55. The molecule has 0 unspecified atom stereocenters. The summed E-state index contributed by atoms with van der Waals surface area (Å²) in [5.74, 6) is -2.98. The molecule has 0 radical (unpaired) electrons. The molecular formula is C17H27NO10S. The second-order valence-electron chi connectivity index (χ2n) is 7.77. The number of esters is 2. The van der Waals surface area contributed by atoms with E-state index in [1.165, 1.54) is 0 Å². The SMILES string of the molecule is CC(C)(C)C(=O)OCOC(=O)N[C@@H](CSC(=O)OCOC(=O)C(C)(C)C)C(=O)O. The summed E-state index contributed by atoms with van der Waals surface area (Å²) in [6.07, 6.45) is -1.15. The Morgan fingerprint density at radius 2 is 1.28 bits per heavy atom. The van der Waals surface area contributed by atoms with Crippen molar-refractivity contribution in [3.8, 4) is 0 Å². The molecule has 0 heterocycles. The van der Waals surface area contributed by atoms with Crippen molar-refractivity contribution in [1.29, 1.82) is 0 Å². The van der Waals surface area contributed by atoms with E-state index >= 15 is 0 Å². The maximum absolute atomic E-state index is 11.6. The molecule has 12 heteroatoms. The molecule has 0 spiro atoms. The van der Waals surface area contributed by atoms with E-state index in [4.69, 9.17) is 14.6 Å². The number of carbonyl (C=O) groups excluding carboxylic acids is 4. The number of aliphatic carboxylic acids is 1. The van der Waals surface area contributed by atoms with Gasteiger partial charge in [0.2, 0.25) is 13.6 Å². The van der Waals surface area contributed by atoms with Gasteiger partial charge in [-0.15, -0.1) is 0 Å². The topological polar surface area (TPSA) is 155 Å². The van der Waals surface area contributed by atoms with E-state index < -0.39 is 59.8 Å². The Morgan fingerprint density at radius 1 is 0.828 bits per heavy atom. The number of thioether (sulfide) groups is 1. The Labute approximate surface area is 172 Å². The maximum atomic E-state index is 11.6. The van der Waals surface area contributed by atoms with Gasteiger partial charge in [-0.25, -0.2) is 14.4 Å². The van der Waals surface area contributed by atoms with Crippen LogP contribution in [-0.2, 0) is 33.3 Å². The monoisotopic (exact) mass is 437 g/mol.